The van der Waals surface area contributed by atoms with E-state index in [1.54, 1.807) is 14.2 Å². The van der Waals surface area contributed by atoms with E-state index in [4.69, 9.17) is 26.1 Å². The zero-order chi connectivity index (χ0) is 14.8. The number of fused-ring (bicyclic) bond motifs is 1. The Labute approximate surface area is 128 Å². The fraction of sp³-hybridized carbons (Fsp3) is 0.118. The van der Waals surface area contributed by atoms with Gasteiger partial charge in [-0.05, 0) is 18.2 Å². The molecule has 0 saturated carbocycles. The van der Waals surface area contributed by atoms with Gasteiger partial charge in [0.05, 0.1) is 30.3 Å². The monoisotopic (exact) mass is 299 g/mol. The Morgan fingerprint density at radius 2 is 1.57 bits per heavy atom. The van der Waals surface area contributed by atoms with Crippen molar-refractivity contribution in [2.75, 3.05) is 14.2 Å². The number of pyridine rings is 1. The van der Waals surface area contributed by atoms with E-state index in [2.05, 4.69) is 0 Å². The molecule has 106 valence electrons. The van der Waals surface area contributed by atoms with Crippen LogP contribution in [0.15, 0.2) is 48.5 Å². The van der Waals surface area contributed by atoms with Gasteiger partial charge in [0, 0.05) is 5.56 Å². The lowest BCUT2D eigenvalue weighted by Crippen LogP contribution is -1.94. The van der Waals surface area contributed by atoms with Gasteiger partial charge in [-0.3, -0.25) is 0 Å². The predicted molar refractivity (Wildman–Crippen MR) is 85.3 cm³/mol. The maximum atomic E-state index is 6.45. The molecule has 0 amide bonds. The minimum absolute atomic E-state index is 0.592. The Kier molecular flexibility index (Phi) is 3.67. The van der Waals surface area contributed by atoms with Crippen molar-refractivity contribution in [1.82, 2.24) is 4.98 Å². The van der Waals surface area contributed by atoms with Crippen LogP contribution in [0, 0.1) is 0 Å². The number of nitrogens with zero attached hydrogens (tertiary/aromatic N) is 1. The number of hydrogen-bond donors (Lipinski definition) is 0. The second kappa shape index (κ2) is 5.62. The molecule has 0 saturated heterocycles. The molecule has 0 spiro atoms. The minimum atomic E-state index is 0.592. The first-order chi connectivity index (χ1) is 10.2. The number of ether oxygens (including phenoxy) is 2. The first kappa shape index (κ1) is 13.7. The second-order valence-corrected chi connectivity index (χ2v) is 4.96. The third kappa shape index (κ3) is 2.41. The summed E-state index contributed by atoms with van der Waals surface area (Å²) < 4.78 is 10.8. The average Bonchev–Trinajstić information content (AvgIpc) is 2.54. The van der Waals surface area contributed by atoms with E-state index < -0.39 is 0 Å². The summed E-state index contributed by atoms with van der Waals surface area (Å²) in [4.78, 5) is 4.70. The van der Waals surface area contributed by atoms with Crippen LogP contribution in [0.1, 0.15) is 0 Å². The molecule has 0 unspecified atom stereocenters. The molecule has 3 nitrogen and oxygen atoms in total. The molecular weight excluding hydrogens is 286 g/mol. The molecule has 0 radical (unpaired) electrons. The maximum absolute atomic E-state index is 6.45. The molecule has 1 aromatic heterocycles. The molecule has 21 heavy (non-hydrogen) atoms. The molecule has 4 heteroatoms. The molecular formula is C17H14ClNO2. The predicted octanol–water partition coefficient (Wildman–Crippen LogP) is 4.57. The van der Waals surface area contributed by atoms with Crippen molar-refractivity contribution in [3.63, 3.8) is 0 Å². The third-order valence-electron chi connectivity index (χ3n) is 3.35. The highest BCUT2D eigenvalue weighted by Crippen LogP contribution is 2.38. The van der Waals surface area contributed by atoms with Gasteiger partial charge in [-0.1, -0.05) is 41.9 Å². The second-order valence-electron chi connectivity index (χ2n) is 4.55. The van der Waals surface area contributed by atoms with Gasteiger partial charge in [0.15, 0.2) is 0 Å². The van der Waals surface area contributed by atoms with Crippen molar-refractivity contribution in [1.29, 1.82) is 0 Å². The number of rotatable bonds is 3. The molecule has 0 aliphatic rings. The Hall–Kier alpha value is -2.26. The van der Waals surface area contributed by atoms with Gasteiger partial charge in [0.1, 0.15) is 17.0 Å². The van der Waals surface area contributed by atoms with Crippen molar-refractivity contribution < 1.29 is 9.47 Å². The van der Waals surface area contributed by atoms with Crippen molar-refractivity contribution >= 4 is 22.5 Å². The molecule has 1 heterocycles. The number of hydrogen-bond acceptors (Lipinski definition) is 3. The van der Waals surface area contributed by atoms with E-state index in [1.165, 1.54) is 0 Å². The van der Waals surface area contributed by atoms with E-state index >= 15 is 0 Å². The zero-order valence-electron chi connectivity index (χ0n) is 11.8. The first-order valence-electron chi connectivity index (χ1n) is 6.51. The summed E-state index contributed by atoms with van der Waals surface area (Å²) in [6.07, 6.45) is 0. The largest absolute Gasteiger partial charge is 0.496 e. The maximum Gasteiger partial charge on any atom is 0.145 e. The molecule has 0 aliphatic heterocycles. The van der Waals surface area contributed by atoms with Crippen molar-refractivity contribution in [3.05, 3.63) is 53.6 Å². The molecule has 0 atom stereocenters. The lowest BCUT2D eigenvalue weighted by molar-refractivity contribution is 0.410. The van der Waals surface area contributed by atoms with Gasteiger partial charge in [-0.25, -0.2) is 4.98 Å². The Morgan fingerprint density at radius 1 is 0.905 bits per heavy atom. The normalized spacial score (nSPS) is 10.6. The summed E-state index contributed by atoms with van der Waals surface area (Å²) in [5.74, 6) is 1.35. The Bertz CT molecular complexity index is 788. The van der Waals surface area contributed by atoms with E-state index in [1.807, 2.05) is 48.5 Å². The van der Waals surface area contributed by atoms with Crippen LogP contribution in [0.4, 0.5) is 0 Å². The highest BCUT2D eigenvalue weighted by Gasteiger charge is 2.14. The van der Waals surface area contributed by atoms with Crippen molar-refractivity contribution in [2.45, 2.75) is 0 Å². The molecule has 0 aliphatic carbocycles. The SMILES string of the molecule is COc1ccc(OC)c2c(Cl)cc(-c3ccccc3)nc12. The molecule has 0 fully saturated rings. The highest BCUT2D eigenvalue weighted by atomic mass is 35.5. The summed E-state index contributed by atoms with van der Waals surface area (Å²) in [6.45, 7) is 0. The van der Waals surface area contributed by atoms with Gasteiger partial charge in [0.25, 0.3) is 0 Å². The topological polar surface area (TPSA) is 31.4 Å². The molecule has 3 aromatic rings. The third-order valence-corrected chi connectivity index (χ3v) is 3.64. The molecule has 0 N–H and O–H groups in total. The number of methoxy groups -OCH3 is 2. The summed E-state index contributed by atoms with van der Waals surface area (Å²) in [7, 11) is 3.23. The first-order valence-corrected chi connectivity index (χ1v) is 6.89. The smallest absolute Gasteiger partial charge is 0.145 e. The van der Waals surface area contributed by atoms with Crippen LogP contribution in [0.25, 0.3) is 22.2 Å². The average molecular weight is 300 g/mol. The summed E-state index contributed by atoms with van der Waals surface area (Å²) in [6, 6.07) is 15.4. The van der Waals surface area contributed by atoms with Gasteiger partial charge >= 0.3 is 0 Å². The molecule has 3 rings (SSSR count). The van der Waals surface area contributed by atoms with Gasteiger partial charge in [-0.2, -0.15) is 0 Å². The highest BCUT2D eigenvalue weighted by molar-refractivity contribution is 6.36. The summed E-state index contributed by atoms with van der Waals surface area (Å²) >= 11 is 6.45. The lowest BCUT2D eigenvalue weighted by Gasteiger charge is -2.12. The van der Waals surface area contributed by atoms with Crippen LogP contribution >= 0.6 is 11.6 Å². The van der Waals surface area contributed by atoms with Gasteiger partial charge in [-0.15, -0.1) is 0 Å². The Morgan fingerprint density at radius 3 is 2.24 bits per heavy atom. The van der Waals surface area contributed by atoms with E-state index in [0.29, 0.717) is 22.0 Å². The van der Waals surface area contributed by atoms with Gasteiger partial charge < -0.3 is 9.47 Å². The lowest BCUT2D eigenvalue weighted by atomic mass is 10.1. The molecule has 0 bridgehead atoms. The zero-order valence-corrected chi connectivity index (χ0v) is 12.5. The van der Waals surface area contributed by atoms with Crippen LogP contribution in [0.2, 0.25) is 5.02 Å². The van der Waals surface area contributed by atoms with E-state index in [9.17, 15) is 0 Å². The van der Waals surface area contributed by atoms with Crippen LogP contribution in [0.5, 0.6) is 11.5 Å². The fourth-order valence-corrected chi connectivity index (χ4v) is 2.62. The number of aromatic nitrogens is 1. The van der Waals surface area contributed by atoms with Crippen molar-refractivity contribution in [3.8, 4) is 22.8 Å². The van der Waals surface area contributed by atoms with Crippen LogP contribution in [0.3, 0.4) is 0 Å². The molecule has 2 aromatic carbocycles. The van der Waals surface area contributed by atoms with Crippen molar-refractivity contribution in [2.24, 2.45) is 0 Å². The van der Waals surface area contributed by atoms with Crippen LogP contribution in [-0.2, 0) is 0 Å². The summed E-state index contributed by atoms with van der Waals surface area (Å²) in [5.41, 5.74) is 2.51. The van der Waals surface area contributed by atoms with E-state index in [-0.39, 0.29) is 0 Å². The fourth-order valence-electron chi connectivity index (χ4n) is 2.33. The van der Waals surface area contributed by atoms with E-state index in [0.717, 1.165) is 16.6 Å². The minimum Gasteiger partial charge on any atom is -0.496 e. The number of halogens is 1. The van der Waals surface area contributed by atoms with Crippen LogP contribution < -0.4 is 9.47 Å². The number of benzene rings is 2. The standard InChI is InChI=1S/C17H14ClNO2/c1-20-14-8-9-15(21-2)17-16(14)12(18)10-13(19-17)11-6-4-3-5-7-11/h3-10H,1-2H3. The Balaban J connectivity index is 2.33. The summed E-state index contributed by atoms with van der Waals surface area (Å²) in [5, 5.41) is 1.35. The quantitative estimate of drug-likeness (QED) is 0.710. The van der Waals surface area contributed by atoms with Crippen LogP contribution in [-0.4, -0.2) is 19.2 Å². The van der Waals surface area contributed by atoms with Gasteiger partial charge in [0.2, 0.25) is 0 Å².